The van der Waals surface area contributed by atoms with Gasteiger partial charge >= 0.3 is 0 Å². The summed E-state index contributed by atoms with van der Waals surface area (Å²) in [5.41, 5.74) is 1.89. The molecule has 0 saturated carbocycles. The average Bonchev–Trinajstić information content (AvgIpc) is 2.28. The average molecular weight is 260 g/mol. The van der Waals surface area contributed by atoms with Gasteiger partial charge in [-0.15, -0.1) is 0 Å². The number of aryl methyl sites for hydroxylation is 1. The van der Waals surface area contributed by atoms with Gasteiger partial charge in [-0.1, -0.05) is 29.8 Å². The predicted octanol–water partition coefficient (Wildman–Crippen LogP) is 2.48. The first-order valence-corrected chi connectivity index (χ1v) is 6.84. The number of piperazine rings is 1. The number of carbonyl (C=O) groups excluding carboxylic acids is 1. The zero-order valence-electron chi connectivity index (χ0n) is 12.6. The zero-order chi connectivity index (χ0) is 14.3. The van der Waals surface area contributed by atoms with Crippen molar-refractivity contribution < 1.29 is 4.79 Å². The molecule has 0 spiro atoms. The van der Waals surface area contributed by atoms with Crippen LogP contribution in [0, 0.1) is 6.92 Å². The van der Waals surface area contributed by atoms with Crippen molar-refractivity contribution in [2.45, 2.75) is 52.2 Å². The highest BCUT2D eigenvalue weighted by atomic mass is 16.2. The van der Waals surface area contributed by atoms with E-state index in [1.165, 1.54) is 11.1 Å². The van der Waals surface area contributed by atoms with Crippen LogP contribution in [0.5, 0.6) is 0 Å². The highest BCUT2D eigenvalue weighted by Crippen LogP contribution is 2.26. The Bertz CT molecular complexity index is 474. The number of hydrogen-bond acceptors (Lipinski definition) is 2. The van der Waals surface area contributed by atoms with Gasteiger partial charge in [0, 0.05) is 18.6 Å². The summed E-state index contributed by atoms with van der Waals surface area (Å²) in [6.07, 6.45) is 0. The monoisotopic (exact) mass is 260 g/mol. The molecule has 0 unspecified atom stereocenters. The lowest BCUT2D eigenvalue weighted by Gasteiger charge is -2.48. The minimum absolute atomic E-state index is 0.107. The Kier molecular flexibility index (Phi) is 3.43. The molecule has 1 heterocycles. The van der Waals surface area contributed by atoms with Gasteiger partial charge in [0.25, 0.3) is 0 Å². The van der Waals surface area contributed by atoms with Crippen molar-refractivity contribution in [2.24, 2.45) is 0 Å². The molecule has 19 heavy (non-hydrogen) atoms. The standard InChI is InChI=1S/C16H24N2O/c1-12-6-8-13(9-7-12)10-18-11-15(2,3)17-14(19)16(18,4)5/h6-9H,10-11H2,1-5H3,(H,17,19). The Balaban J connectivity index is 2.21. The maximum Gasteiger partial charge on any atom is 0.240 e. The van der Waals surface area contributed by atoms with Crippen LogP contribution in [0.3, 0.4) is 0 Å². The van der Waals surface area contributed by atoms with E-state index in [0.717, 1.165) is 13.1 Å². The maximum atomic E-state index is 12.2. The van der Waals surface area contributed by atoms with E-state index in [4.69, 9.17) is 0 Å². The molecule has 1 saturated heterocycles. The molecule has 0 atom stereocenters. The van der Waals surface area contributed by atoms with Crippen LogP contribution >= 0.6 is 0 Å². The van der Waals surface area contributed by atoms with Crippen molar-refractivity contribution in [3.05, 3.63) is 35.4 Å². The number of hydrogen-bond donors (Lipinski definition) is 1. The van der Waals surface area contributed by atoms with Gasteiger partial charge in [-0.25, -0.2) is 0 Å². The van der Waals surface area contributed by atoms with E-state index >= 15 is 0 Å². The highest BCUT2D eigenvalue weighted by molar-refractivity contribution is 5.87. The SMILES string of the molecule is Cc1ccc(CN2CC(C)(C)NC(=O)C2(C)C)cc1. The summed E-state index contributed by atoms with van der Waals surface area (Å²) in [6, 6.07) is 8.53. The molecule has 1 aliphatic rings. The molecule has 0 aliphatic carbocycles. The quantitative estimate of drug-likeness (QED) is 0.886. The highest BCUT2D eigenvalue weighted by Gasteiger charge is 2.43. The molecule has 104 valence electrons. The molecule has 0 bridgehead atoms. The molecule has 3 heteroatoms. The van der Waals surface area contributed by atoms with Crippen LogP contribution in [0.15, 0.2) is 24.3 Å². The van der Waals surface area contributed by atoms with Gasteiger partial charge in [-0.2, -0.15) is 0 Å². The summed E-state index contributed by atoms with van der Waals surface area (Å²) in [5.74, 6) is 0.107. The van der Waals surface area contributed by atoms with Gasteiger partial charge in [0.2, 0.25) is 5.91 Å². The molecule has 1 fully saturated rings. The van der Waals surface area contributed by atoms with Crippen LogP contribution < -0.4 is 5.32 Å². The van der Waals surface area contributed by atoms with Crippen LogP contribution in [-0.2, 0) is 11.3 Å². The molecule has 1 aliphatic heterocycles. The summed E-state index contributed by atoms with van der Waals surface area (Å²) in [7, 11) is 0. The van der Waals surface area contributed by atoms with Gasteiger partial charge < -0.3 is 5.32 Å². The van der Waals surface area contributed by atoms with Crippen LogP contribution in [0.1, 0.15) is 38.8 Å². The summed E-state index contributed by atoms with van der Waals surface area (Å²) in [4.78, 5) is 14.5. The van der Waals surface area contributed by atoms with E-state index in [2.05, 4.69) is 55.3 Å². The first-order chi connectivity index (χ1) is 8.71. The maximum absolute atomic E-state index is 12.2. The third kappa shape index (κ3) is 2.98. The van der Waals surface area contributed by atoms with Crippen molar-refractivity contribution in [1.29, 1.82) is 0 Å². The second-order valence-electron chi connectivity index (χ2n) is 6.74. The van der Waals surface area contributed by atoms with Gasteiger partial charge in [0.05, 0.1) is 5.54 Å². The Morgan fingerprint density at radius 2 is 1.74 bits per heavy atom. The zero-order valence-corrected chi connectivity index (χ0v) is 12.6. The molecular weight excluding hydrogens is 236 g/mol. The van der Waals surface area contributed by atoms with Gasteiger partial charge in [0.1, 0.15) is 0 Å². The van der Waals surface area contributed by atoms with E-state index < -0.39 is 5.54 Å². The van der Waals surface area contributed by atoms with Crippen molar-refractivity contribution in [3.8, 4) is 0 Å². The minimum atomic E-state index is -0.458. The smallest absolute Gasteiger partial charge is 0.240 e. The Morgan fingerprint density at radius 3 is 2.32 bits per heavy atom. The fourth-order valence-corrected chi connectivity index (χ4v) is 2.49. The molecule has 2 rings (SSSR count). The summed E-state index contributed by atoms with van der Waals surface area (Å²) >= 11 is 0. The predicted molar refractivity (Wildman–Crippen MR) is 77.9 cm³/mol. The van der Waals surface area contributed by atoms with Crippen molar-refractivity contribution in [2.75, 3.05) is 6.54 Å². The molecular formula is C16H24N2O. The summed E-state index contributed by atoms with van der Waals surface area (Å²) in [5, 5.41) is 3.09. The number of rotatable bonds is 2. The lowest BCUT2D eigenvalue weighted by molar-refractivity contribution is -0.140. The van der Waals surface area contributed by atoms with Crippen molar-refractivity contribution >= 4 is 5.91 Å². The normalized spacial score (nSPS) is 22.1. The molecule has 1 amide bonds. The Hall–Kier alpha value is -1.35. The fourth-order valence-electron chi connectivity index (χ4n) is 2.49. The third-order valence-electron chi connectivity index (χ3n) is 3.88. The number of nitrogens with zero attached hydrogens (tertiary/aromatic N) is 1. The van der Waals surface area contributed by atoms with Crippen molar-refractivity contribution in [1.82, 2.24) is 10.2 Å². The molecule has 3 nitrogen and oxygen atoms in total. The number of benzene rings is 1. The second-order valence-corrected chi connectivity index (χ2v) is 6.74. The van der Waals surface area contributed by atoms with Crippen LogP contribution in [0.2, 0.25) is 0 Å². The number of carbonyl (C=O) groups is 1. The molecule has 1 aromatic rings. The first-order valence-electron chi connectivity index (χ1n) is 6.84. The molecule has 1 aromatic carbocycles. The number of amides is 1. The van der Waals surface area contributed by atoms with E-state index in [-0.39, 0.29) is 11.4 Å². The summed E-state index contributed by atoms with van der Waals surface area (Å²) in [6.45, 7) is 11.9. The van der Waals surface area contributed by atoms with Gasteiger partial charge in [-0.05, 0) is 40.2 Å². The largest absolute Gasteiger partial charge is 0.348 e. The van der Waals surface area contributed by atoms with E-state index in [1.807, 2.05) is 13.8 Å². The molecule has 0 radical (unpaired) electrons. The van der Waals surface area contributed by atoms with Crippen LogP contribution in [0.25, 0.3) is 0 Å². The van der Waals surface area contributed by atoms with E-state index in [9.17, 15) is 4.79 Å². The minimum Gasteiger partial charge on any atom is -0.348 e. The lowest BCUT2D eigenvalue weighted by Crippen LogP contribution is -2.68. The topological polar surface area (TPSA) is 32.3 Å². The number of nitrogens with one attached hydrogen (secondary N) is 1. The fraction of sp³-hybridized carbons (Fsp3) is 0.562. The van der Waals surface area contributed by atoms with Gasteiger partial charge in [0.15, 0.2) is 0 Å². The summed E-state index contributed by atoms with van der Waals surface area (Å²) < 4.78 is 0. The van der Waals surface area contributed by atoms with Crippen LogP contribution in [0.4, 0.5) is 0 Å². The van der Waals surface area contributed by atoms with E-state index in [1.54, 1.807) is 0 Å². The molecule has 0 aromatic heterocycles. The van der Waals surface area contributed by atoms with E-state index in [0.29, 0.717) is 0 Å². The lowest BCUT2D eigenvalue weighted by atomic mass is 9.90. The van der Waals surface area contributed by atoms with Crippen LogP contribution in [-0.4, -0.2) is 28.4 Å². The van der Waals surface area contributed by atoms with Gasteiger partial charge in [-0.3, -0.25) is 9.69 Å². The van der Waals surface area contributed by atoms with Crippen molar-refractivity contribution in [3.63, 3.8) is 0 Å². The third-order valence-corrected chi connectivity index (χ3v) is 3.88. The Morgan fingerprint density at radius 1 is 1.16 bits per heavy atom. The first kappa shape index (κ1) is 14.1. The second kappa shape index (κ2) is 4.64. The Labute approximate surface area is 116 Å². The molecule has 1 N–H and O–H groups in total.